The van der Waals surface area contributed by atoms with Crippen molar-refractivity contribution in [1.82, 2.24) is 19.9 Å². The van der Waals surface area contributed by atoms with Crippen LogP contribution in [0.4, 0.5) is 16.3 Å². The highest BCUT2D eigenvalue weighted by molar-refractivity contribution is 7.98. The Hall–Kier alpha value is -2.66. The van der Waals surface area contributed by atoms with Gasteiger partial charge in [-0.3, -0.25) is 0 Å². The number of nitrogens with zero attached hydrogens (tertiary/aromatic N) is 4. The Kier molecular flexibility index (Phi) is 6.24. The quantitative estimate of drug-likeness (QED) is 0.542. The molecule has 11 heteroatoms. The average Bonchev–Trinajstić information content (AvgIpc) is 3.12. The largest absolute Gasteiger partial charge is 0.496 e. The molecule has 0 aliphatic rings. The fourth-order valence-electron chi connectivity index (χ4n) is 2.18. The van der Waals surface area contributed by atoms with E-state index >= 15 is 0 Å². The van der Waals surface area contributed by atoms with Gasteiger partial charge in [-0.05, 0) is 12.1 Å². The molecule has 0 saturated carbocycles. The van der Waals surface area contributed by atoms with Gasteiger partial charge in [-0.25, -0.2) is 9.37 Å². The summed E-state index contributed by atoms with van der Waals surface area (Å²) in [4.78, 5) is 16.4. The number of nitrogens with two attached hydrogens (primary N) is 2. The number of thiazole rings is 1. The van der Waals surface area contributed by atoms with Gasteiger partial charge in [0.25, 0.3) is 0 Å². The molecule has 0 atom stereocenters. The van der Waals surface area contributed by atoms with Crippen molar-refractivity contribution in [2.45, 2.75) is 10.9 Å². The van der Waals surface area contributed by atoms with E-state index in [2.05, 4.69) is 19.9 Å². The standard InChI is InChI=1S/C16H17FN6O2S2/c1-24-12-6-10(25-5-4-17)2-3-11(12)13-20-9(7-26-13)8-27-16-22-14(18)21-15(19)23-16/h2-3,6-7H,4-5,8H2,1H3,(H4,18,19,21,22,23). The van der Waals surface area contributed by atoms with Crippen LogP contribution in [0.5, 0.6) is 11.5 Å². The zero-order valence-electron chi connectivity index (χ0n) is 14.4. The SMILES string of the molecule is COc1cc(OCCF)ccc1-c1nc(CSc2nc(N)nc(N)n2)cs1. The predicted octanol–water partition coefficient (Wildman–Crippen LogP) is 2.81. The second-order valence-electron chi connectivity index (χ2n) is 5.17. The monoisotopic (exact) mass is 408 g/mol. The highest BCUT2D eigenvalue weighted by Gasteiger charge is 2.13. The molecule has 0 aliphatic carbocycles. The Balaban J connectivity index is 1.73. The summed E-state index contributed by atoms with van der Waals surface area (Å²) in [5.74, 6) is 1.88. The second-order valence-corrected chi connectivity index (χ2v) is 6.97. The lowest BCUT2D eigenvalue weighted by molar-refractivity contribution is 0.272. The van der Waals surface area contributed by atoms with E-state index in [1.807, 2.05) is 11.4 Å². The first-order chi connectivity index (χ1) is 13.1. The fourth-order valence-corrected chi connectivity index (χ4v) is 3.88. The summed E-state index contributed by atoms with van der Waals surface area (Å²) in [6.45, 7) is -0.538. The van der Waals surface area contributed by atoms with Crippen LogP contribution >= 0.6 is 23.1 Å². The van der Waals surface area contributed by atoms with Crippen LogP contribution in [0.2, 0.25) is 0 Å². The van der Waals surface area contributed by atoms with E-state index in [-0.39, 0.29) is 18.5 Å². The summed E-state index contributed by atoms with van der Waals surface area (Å²) in [6.07, 6.45) is 0. The average molecular weight is 408 g/mol. The molecule has 0 spiro atoms. The van der Waals surface area contributed by atoms with Crippen LogP contribution in [-0.4, -0.2) is 40.3 Å². The van der Waals surface area contributed by atoms with E-state index in [4.69, 9.17) is 20.9 Å². The molecule has 3 aromatic rings. The molecule has 0 bridgehead atoms. The van der Waals surface area contributed by atoms with Gasteiger partial charge in [0.1, 0.15) is 29.8 Å². The molecule has 0 saturated heterocycles. The Bertz CT molecular complexity index is 903. The van der Waals surface area contributed by atoms with E-state index in [1.165, 1.54) is 23.1 Å². The summed E-state index contributed by atoms with van der Waals surface area (Å²) >= 11 is 2.86. The maximum atomic E-state index is 12.3. The first kappa shape index (κ1) is 19.1. The molecule has 1 aromatic carbocycles. The van der Waals surface area contributed by atoms with E-state index in [0.717, 1.165) is 16.3 Å². The lowest BCUT2D eigenvalue weighted by Crippen LogP contribution is -2.03. The van der Waals surface area contributed by atoms with Crippen molar-refractivity contribution in [3.05, 3.63) is 29.3 Å². The van der Waals surface area contributed by atoms with Gasteiger partial charge in [0, 0.05) is 17.2 Å². The predicted molar refractivity (Wildman–Crippen MR) is 104 cm³/mol. The number of alkyl halides is 1. The highest BCUT2D eigenvalue weighted by atomic mass is 32.2. The van der Waals surface area contributed by atoms with Gasteiger partial charge in [0.15, 0.2) is 5.16 Å². The highest BCUT2D eigenvalue weighted by Crippen LogP contribution is 2.35. The normalized spacial score (nSPS) is 10.7. The number of nitrogen functional groups attached to an aromatic ring is 2. The number of hydrogen-bond acceptors (Lipinski definition) is 10. The maximum Gasteiger partial charge on any atom is 0.225 e. The Morgan fingerprint density at radius 1 is 1.15 bits per heavy atom. The minimum atomic E-state index is -0.546. The van der Waals surface area contributed by atoms with E-state index < -0.39 is 6.67 Å². The molecule has 0 aliphatic heterocycles. The number of benzene rings is 1. The first-order valence-electron chi connectivity index (χ1n) is 7.80. The summed E-state index contributed by atoms with van der Waals surface area (Å²) in [7, 11) is 1.57. The van der Waals surface area contributed by atoms with Gasteiger partial charge in [0.05, 0.1) is 18.4 Å². The van der Waals surface area contributed by atoms with Gasteiger partial charge in [-0.15, -0.1) is 11.3 Å². The number of aromatic nitrogens is 4. The molecule has 2 aromatic heterocycles. The van der Waals surface area contributed by atoms with E-state index in [0.29, 0.717) is 22.4 Å². The number of hydrogen-bond donors (Lipinski definition) is 2. The smallest absolute Gasteiger partial charge is 0.225 e. The van der Waals surface area contributed by atoms with Crippen molar-refractivity contribution in [2.24, 2.45) is 0 Å². The Morgan fingerprint density at radius 3 is 2.63 bits per heavy atom. The summed E-state index contributed by atoms with van der Waals surface area (Å²) < 4.78 is 23.0. The summed E-state index contributed by atoms with van der Waals surface area (Å²) in [6, 6.07) is 5.33. The number of methoxy groups -OCH3 is 1. The number of thioether (sulfide) groups is 1. The topological polar surface area (TPSA) is 122 Å². The molecule has 3 rings (SSSR count). The van der Waals surface area contributed by atoms with Crippen LogP contribution < -0.4 is 20.9 Å². The number of anilines is 2. The third-order valence-corrected chi connectivity index (χ3v) is 5.10. The van der Waals surface area contributed by atoms with Crippen LogP contribution in [0.1, 0.15) is 5.69 Å². The van der Waals surface area contributed by atoms with Gasteiger partial charge in [0.2, 0.25) is 11.9 Å². The van der Waals surface area contributed by atoms with E-state index in [1.54, 1.807) is 19.2 Å². The minimum Gasteiger partial charge on any atom is -0.496 e. The van der Waals surface area contributed by atoms with Crippen molar-refractivity contribution in [2.75, 3.05) is 31.9 Å². The lowest BCUT2D eigenvalue weighted by atomic mass is 10.2. The number of rotatable bonds is 8. The number of ether oxygens (including phenoxy) is 2. The van der Waals surface area contributed by atoms with Crippen LogP contribution in [0.25, 0.3) is 10.6 Å². The molecule has 0 unspecified atom stereocenters. The van der Waals surface area contributed by atoms with E-state index in [9.17, 15) is 4.39 Å². The maximum absolute atomic E-state index is 12.3. The second kappa shape index (κ2) is 8.82. The van der Waals surface area contributed by atoms with Crippen LogP contribution in [0.15, 0.2) is 28.7 Å². The first-order valence-corrected chi connectivity index (χ1v) is 9.67. The van der Waals surface area contributed by atoms with Crippen LogP contribution in [-0.2, 0) is 5.75 Å². The number of halogens is 1. The third-order valence-electron chi connectivity index (χ3n) is 3.30. The molecule has 0 radical (unpaired) electrons. The molecule has 0 amide bonds. The van der Waals surface area contributed by atoms with Crippen molar-refractivity contribution < 1.29 is 13.9 Å². The van der Waals surface area contributed by atoms with Crippen molar-refractivity contribution in [3.8, 4) is 22.1 Å². The minimum absolute atomic E-state index is 0.00717. The van der Waals surface area contributed by atoms with Crippen LogP contribution in [0.3, 0.4) is 0 Å². The molecule has 0 fully saturated rings. The molecule has 142 valence electrons. The zero-order chi connectivity index (χ0) is 19.2. The molecular weight excluding hydrogens is 391 g/mol. The fraction of sp³-hybridized carbons (Fsp3) is 0.250. The molecule has 2 heterocycles. The lowest BCUT2D eigenvalue weighted by Gasteiger charge is -2.09. The zero-order valence-corrected chi connectivity index (χ0v) is 16.0. The Morgan fingerprint density at radius 2 is 1.93 bits per heavy atom. The summed E-state index contributed by atoms with van der Waals surface area (Å²) in [5.41, 5.74) is 12.8. The molecule has 27 heavy (non-hydrogen) atoms. The van der Waals surface area contributed by atoms with Gasteiger partial charge >= 0.3 is 0 Å². The van der Waals surface area contributed by atoms with Crippen molar-refractivity contribution >= 4 is 35.0 Å². The van der Waals surface area contributed by atoms with Crippen molar-refractivity contribution in [1.29, 1.82) is 0 Å². The molecule has 4 N–H and O–H groups in total. The third kappa shape index (κ3) is 4.95. The molecule has 8 nitrogen and oxygen atoms in total. The summed E-state index contributed by atoms with van der Waals surface area (Å²) in [5, 5.41) is 3.19. The Labute approximate surface area is 163 Å². The van der Waals surface area contributed by atoms with Crippen molar-refractivity contribution in [3.63, 3.8) is 0 Å². The van der Waals surface area contributed by atoms with Gasteiger partial charge < -0.3 is 20.9 Å². The van der Waals surface area contributed by atoms with Gasteiger partial charge in [-0.1, -0.05) is 11.8 Å². The van der Waals surface area contributed by atoms with Crippen LogP contribution in [0, 0.1) is 0 Å². The molecular formula is C16H17FN6O2S2. The van der Waals surface area contributed by atoms with Gasteiger partial charge in [-0.2, -0.15) is 15.0 Å².